The number of nitrogens with one attached hydrogen (secondary N) is 1. The highest BCUT2D eigenvalue weighted by atomic mass is 16.6. The van der Waals surface area contributed by atoms with Gasteiger partial charge in [-0.25, -0.2) is 4.63 Å². The minimum absolute atomic E-state index is 0.147. The van der Waals surface area contributed by atoms with Crippen molar-refractivity contribution in [1.29, 1.82) is 0 Å². The van der Waals surface area contributed by atoms with Crippen molar-refractivity contribution in [3.05, 3.63) is 71.7 Å². The minimum Gasteiger partial charge on any atom is -0.486 e. The van der Waals surface area contributed by atoms with E-state index in [0.29, 0.717) is 33.8 Å². The van der Waals surface area contributed by atoms with Crippen LogP contribution < -0.4 is 10.1 Å². The van der Waals surface area contributed by atoms with E-state index >= 15 is 0 Å². The van der Waals surface area contributed by atoms with Crippen LogP contribution in [0.3, 0.4) is 0 Å². The monoisotopic (exact) mass is 349 g/mol. The third-order valence-corrected chi connectivity index (χ3v) is 3.92. The lowest BCUT2D eigenvalue weighted by Crippen LogP contribution is -2.14. The van der Waals surface area contributed by atoms with Crippen molar-refractivity contribution in [3.63, 3.8) is 0 Å². The Morgan fingerprint density at radius 3 is 2.81 bits per heavy atom. The molecule has 0 radical (unpaired) electrons. The summed E-state index contributed by atoms with van der Waals surface area (Å²) in [7, 11) is 0. The topological polar surface area (TPSA) is 90.4 Å². The molecule has 0 fully saturated rings. The van der Waals surface area contributed by atoms with Crippen LogP contribution in [0.25, 0.3) is 11.0 Å². The number of hydrogen-bond donors (Lipinski definition) is 1. The van der Waals surface area contributed by atoms with E-state index in [-0.39, 0.29) is 12.5 Å². The zero-order valence-electron chi connectivity index (χ0n) is 13.9. The molecule has 0 aliphatic carbocycles. The number of carbonyl (C=O) groups is 1. The van der Waals surface area contributed by atoms with E-state index in [9.17, 15) is 4.79 Å². The summed E-state index contributed by atoms with van der Waals surface area (Å²) < 4.78 is 15.8. The Labute approximate surface area is 148 Å². The summed E-state index contributed by atoms with van der Waals surface area (Å²) in [5, 5.41) is 10.4. The van der Waals surface area contributed by atoms with Gasteiger partial charge in [-0.05, 0) is 47.6 Å². The number of hydrogen-bond acceptors (Lipinski definition) is 6. The maximum Gasteiger partial charge on any atom is 0.259 e. The van der Waals surface area contributed by atoms with Crippen molar-refractivity contribution in [2.45, 2.75) is 13.5 Å². The van der Waals surface area contributed by atoms with E-state index < -0.39 is 0 Å². The summed E-state index contributed by atoms with van der Waals surface area (Å²) in [6.07, 6.45) is 1.46. The number of aromatic nitrogens is 2. The molecule has 0 saturated carbocycles. The molecule has 0 atom stereocenters. The lowest BCUT2D eigenvalue weighted by Gasteiger charge is -2.07. The quantitative estimate of drug-likeness (QED) is 0.586. The van der Waals surface area contributed by atoms with Crippen molar-refractivity contribution in [3.8, 4) is 5.75 Å². The summed E-state index contributed by atoms with van der Waals surface area (Å²) in [6, 6.07) is 14.5. The van der Waals surface area contributed by atoms with E-state index in [1.165, 1.54) is 6.26 Å². The second-order valence-electron chi connectivity index (χ2n) is 5.75. The van der Waals surface area contributed by atoms with Gasteiger partial charge in [0, 0.05) is 0 Å². The van der Waals surface area contributed by atoms with Crippen LogP contribution in [0, 0.1) is 6.92 Å². The number of rotatable bonds is 5. The van der Waals surface area contributed by atoms with E-state index in [0.717, 1.165) is 5.56 Å². The fourth-order valence-electron chi connectivity index (χ4n) is 2.53. The molecule has 0 aliphatic heterocycles. The fraction of sp³-hybridized carbons (Fsp3) is 0.105. The molecule has 0 saturated heterocycles. The van der Waals surface area contributed by atoms with Crippen molar-refractivity contribution < 1.29 is 18.6 Å². The van der Waals surface area contributed by atoms with Gasteiger partial charge in [0.25, 0.3) is 5.91 Å². The van der Waals surface area contributed by atoms with Gasteiger partial charge in [0.1, 0.15) is 17.9 Å². The zero-order valence-corrected chi connectivity index (χ0v) is 13.9. The first-order chi connectivity index (χ1) is 12.7. The second-order valence-corrected chi connectivity index (χ2v) is 5.75. The summed E-state index contributed by atoms with van der Waals surface area (Å²) in [4.78, 5) is 12.6. The Morgan fingerprint density at radius 2 is 1.96 bits per heavy atom. The molecule has 1 amide bonds. The van der Waals surface area contributed by atoms with Crippen LogP contribution in [-0.2, 0) is 6.61 Å². The van der Waals surface area contributed by atoms with Crippen molar-refractivity contribution in [1.82, 2.24) is 10.3 Å². The highest BCUT2D eigenvalue weighted by molar-refractivity contribution is 6.08. The Balaban J connectivity index is 1.50. The molecule has 0 aliphatic rings. The molecule has 130 valence electrons. The minimum atomic E-state index is -0.322. The van der Waals surface area contributed by atoms with Gasteiger partial charge in [-0.15, -0.1) is 0 Å². The average Bonchev–Trinajstić information content (AvgIpc) is 3.31. The van der Waals surface area contributed by atoms with Gasteiger partial charge in [0.05, 0.1) is 17.5 Å². The molecule has 4 rings (SSSR count). The number of nitrogens with zero attached hydrogens (tertiary/aromatic N) is 2. The van der Waals surface area contributed by atoms with Crippen LogP contribution in [-0.4, -0.2) is 16.2 Å². The van der Waals surface area contributed by atoms with E-state index in [1.807, 2.05) is 31.2 Å². The Hall–Kier alpha value is -3.61. The van der Waals surface area contributed by atoms with Crippen LogP contribution in [0.4, 0.5) is 5.69 Å². The van der Waals surface area contributed by atoms with Gasteiger partial charge in [0.15, 0.2) is 11.3 Å². The summed E-state index contributed by atoms with van der Waals surface area (Å²) in [6.45, 7) is 2.15. The van der Waals surface area contributed by atoms with Crippen LogP contribution in [0.2, 0.25) is 0 Å². The Morgan fingerprint density at radius 1 is 1.12 bits per heavy atom. The lowest BCUT2D eigenvalue weighted by atomic mass is 10.2. The number of aryl methyl sites for hydroxylation is 1. The summed E-state index contributed by atoms with van der Waals surface area (Å²) in [5.41, 5.74) is 3.11. The lowest BCUT2D eigenvalue weighted by molar-refractivity contribution is 0.102. The Kier molecular flexibility index (Phi) is 4.10. The SMILES string of the molecule is Cc1ccc(OCc2occc2C(=O)Nc2cccc3nonc23)cc1. The molecule has 2 aromatic heterocycles. The molecule has 2 aromatic carbocycles. The molecule has 2 heterocycles. The number of furan rings is 1. The number of benzene rings is 2. The van der Waals surface area contributed by atoms with Crippen LogP contribution in [0.15, 0.2) is 63.8 Å². The van der Waals surface area contributed by atoms with Gasteiger partial charge < -0.3 is 14.5 Å². The third kappa shape index (κ3) is 3.14. The van der Waals surface area contributed by atoms with Crippen LogP contribution in [0.5, 0.6) is 5.75 Å². The normalized spacial score (nSPS) is 10.8. The molecular formula is C19H15N3O4. The van der Waals surface area contributed by atoms with Gasteiger partial charge in [-0.3, -0.25) is 4.79 Å². The molecule has 1 N–H and O–H groups in total. The number of anilines is 1. The van der Waals surface area contributed by atoms with Crippen molar-refractivity contribution >= 4 is 22.6 Å². The number of ether oxygens (including phenoxy) is 1. The van der Waals surface area contributed by atoms with E-state index in [1.54, 1.807) is 24.3 Å². The number of fused-ring (bicyclic) bond motifs is 1. The molecule has 4 aromatic rings. The molecule has 0 unspecified atom stereocenters. The van der Waals surface area contributed by atoms with Crippen molar-refractivity contribution in [2.24, 2.45) is 0 Å². The molecule has 7 heteroatoms. The van der Waals surface area contributed by atoms with Gasteiger partial charge in [-0.1, -0.05) is 23.8 Å². The van der Waals surface area contributed by atoms with Crippen LogP contribution >= 0.6 is 0 Å². The van der Waals surface area contributed by atoms with Crippen molar-refractivity contribution in [2.75, 3.05) is 5.32 Å². The average molecular weight is 349 g/mol. The molecule has 7 nitrogen and oxygen atoms in total. The maximum atomic E-state index is 12.6. The zero-order chi connectivity index (χ0) is 17.9. The fourth-order valence-corrected chi connectivity index (χ4v) is 2.53. The Bertz CT molecular complexity index is 1050. The first-order valence-electron chi connectivity index (χ1n) is 7.99. The van der Waals surface area contributed by atoms with Gasteiger partial charge in [-0.2, -0.15) is 0 Å². The molecule has 0 spiro atoms. The van der Waals surface area contributed by atoms with E-state index in [4.69, 9.17) is 13.8 Å². The maximum absolute atomic E-state index is 12.6. The molecule has 0 bridgehead atoms. The van der Waals surface area contributed by atoms with E-state index in [2.05, 4.69) is 15.6 Å². The predicted molar refractivity (Wildman–Crippen MR) is 94.0 cm³/mol. The predicted octanol–water partition coefficient (Wildman–Crippen LogP) is 3.96. The first kappa shape index (κ1) is 15.9. The van der Waals surface area contributed by atoms with Gasteiger partial charge in [0.2, 0.25) is 0 Å². The third-order valence-electron chi connectivity index (χ3n) is 3.92. The number of carbonyl (C=O) groups excluding carboxylic acids is 1. The molecule has 26 heavy (non-hydrogen) atoms. The summed E-state index contributed by atoms with van der Waals surface area (Å²) >= 11 is 0. The first-order valence-corrected chi connectivity index (χ1v) is 7.99. The second kappa shape index (κ2) is 6.72. The van der Waals surface area contributed by atoms with Crippen LogP contribution in [0.1, 0.15) is 21.7 Å². The standard InChI is InChI=1S/C19H15N3O4/c1-12-5-7-13(8-6-12)25-11-17-14(9-10-24-17)19(23)20-15-3-2-4-16-18(15)22-26-21-16/h2-10H,11H2,1H3,(H,20,23). The highest BCUT2D eigenvalue weighted by Crippen LogP contribution is 2.22. The molecular weight excluding hydrogens is 334 g/mol. The largest absolute Gasteiger partial charge is 0.486 e. The highest BCUT2D eigenvalue weighted by Gasteiger charge is 2.17. The smallest absolute Gasteiger partial charge is 0.259 e. The number of amides is 1. The summed E-state index contributed by atoms with van der Waals surface area (Å²) in [5.74, 6) is 0.821. The van der Waals surface area contributed by atoms with Gasteiger partial charge >= 0.3 is 0 Å².